The first-order chi connectivity index (χ1) is 15.7. The molecule has 2 saturated heterocycles. The number of amides is 3. The maximum absolute atomic E-state index is 14.1. The molecular weight excluding hydrogens is 462 g/mol. The third-order valence-electron chi connectivity index (χ3n) is 7.24. The smallest absolute Gasteiger partial charge is 0.251 e. The van der Waals surface area contributed by atoms with Crippen LogP contribution in [-0.2, 0) is 14.4 Å². The fraction of sp³-hybridized carbons (Fsp3) is 0.458. The Morgan fingerprint density at radius 1 is 1.06 bits per heavy atom. The largest absolute Gasteiger partial charge is 0.395 e. The van der Waals surface area contributed by atoms with Gasteiger partial charge < -0.3 is 19.8 Å². The van der Waals surface area contributed by atoms with Crippen LogP contribution in [0.2, 0.25) is 5.02 Å². The van der Waals surface area contributed by atoms with Crippen LogP contribution in [0.25, 0.3) is 0 Å². The van der Waals surface area contributed by atoms with Crippen molar-refractivity contribution in [2.45, 2.75) is 22.5 Å². The van der Waals surface area contributed by atoms with Gasteiger partial charge in [-0.15, -0.1) is 11.8 Å². The van der Waals surface area contributed by atoms with Crippen molar-refractivity contribution in [3.8, 4) is 0 Å². The zero-order chi connectivity index (χ0) is 23.5. The number of nitrogens with zero attached hydrogens (tertiary/aromatic N) is 3. The van der Waals surface area contributed by atoms with E-state index in [-0.39, 0.29) is 30.9 Å². The van der Waals surface area contributed by atoms with E-state index >= 15 is 0 Å². The van der Waals surface area contributed by atoms with E-state index in [1.54, 1.807) is 35.0 Å². The number of hydrogen-bond acceptors (Lipinski definition) is 5. The highest BCUT2D eigenvalue weighted by molar-refractivity contribution is 8.02. The molecule has 2 fully saturated rings. The molecule has 3 amide bonds. The zero-order valence-electron chi connectivity index (χ0n) is 18.5. The van der Waals surface area contributed by atoms with Crippen LogP contribution in [0.15, 0.2) is 48.6 Å². The maximum Gasteiger partial charge on any atom is 0.251 e. The predicted octanol–water partition coefficient (Wildman–Crippen LogP) is 1.95. The number of β-amino-alcohol motifs (C(OH)–C–C–N with tert-alkyl or cyclic N) is 1. The molecule has 1 unspecified atom stereocenters. The van der Waals surface area contributed by atoms with Crippen molar-refractivity contribution in [3.63, 3.8) is 0 Å². The molecule has 0 radical (unpaired) electrons. The number of thioether (sulfide) groups is 1. The molecule has 174 valence electrons. The van der Waals surface area contributed by atoms with Crippen molar-refractivity contribution >= 4 is 46.8 Å². The Labute approximate surface area is 202 Å². The Bertz CT molecular complexity index is 1090. The molecule has 1 aromatic carbocycles. The summed E-state index contributed by atoms with van der Waals surface area (Å²) in [5.41, 5.74) is 0.574. The highest BCUT2D eigenvalue weighted by Gasteiger charge is 2.73. The van der Waals surface area contributed by atoms with Crippen LogP contribution in [0.1, 0.15) is 6.92 Å². The second kappa shape index (κ2) is 7.89. The first kappa shape index (κ1) is 22.5. The molecule has 1 N–H and O–H groups in total. The van der Waals surface area contributed by atoms with Gasteiger partial charge in [-0.25, -0.2) is 0 Å². The summed E-state index contributed by atoms with van der Waals surface area (Å²) in [5, 5.41) is 10.2. The van der Waals surface area contributed by atoms with Crippen LogP contribution in [-0.4, -0.2) is 81.5 Å². The van der Waals surface area contributed by atoms with Crippen molar-refractivity contribution in [3.05, 3.63) is 53.6 Å². The van der Waals surface area contributed by atoms with E-state index < -0.39 is 27.4 Å². The van der Waals surface area contributed by atoms with Crippen LogP contribution < -0.4 is 4.90 Å². The number of carbonyl (C=O) groups excluding carboxylic acids is 3. The van der Waals surface area contributed by atoms with Crippen molar-refractivity contribution in [2.24, 2.45) is 11.8 Å². The van der Waals surface area contributed by atoms with Gasteiger partial charge in [0.1, 0.15) is 6.04 Å². The Kier molecular flexibility index (Phi) is 5.38. The lowest BCUT2D eigenvalue weighted by Gasteiger charge is -2.36. The lowest BCUT2D eigenvalue weighted by atomic mass is 9.74. The van der Waals surface area contributed by atoms with E-state index in [1.807, 2.05) is 37.3 Å². The third kappa shape index (κ3) is 3.11. The number of halogens is 1. The summed E-state index contributed by atoms with van der Waals surface area (Å²) in [5.74, 6) is -1.91. The van der Waals surface area contributed by atoms with E-state index in [1.165, 1.54) is 16.7 Å². The Morgan fingerprint density at radius 3 is 2.52 bits per heavy atom. The van der Waals surface area contributed by atoms with Crippen molar-refractivity contribution < 1.29 is 19.5 Å². The number of aliphatic hydroxyl groups is 1. The summed E-state index contributed by atoms with van der Waals surface area (Å²) in [6, 6.07) is 6.28. The molecule has 1 spiro atoms. The molecule has 0 aromatic heterocycles. The first-order valence-electron chi connectivity index (χ1n) is 11.0. The highest BCUT2D eigenvalue weighted by atomic mass is 35.5. The molecule has 0 saturated carbocycles. The van der Waals surface area contributed by atoms with E-state index in [4.69, 9.17) is 11.6 Å². The van der Waals surface area contributed by atoms with Gasteiger partial charge in [-0.05, 0) is 19.1 Å². The summed E-state index contributed by atoms with van der Waals surface area (Å²) in [4.78, 5) is 46.1. The Morgan fingerprint density at radius 2 is 1.79 bits per heavy atom. The zero-order valence-corrected chi connectivity index (χ0v) is 20.1. The highest BCUT2D eigenvalue weighted by Crippen LogP contribution is 2.65. The number of fused-ring (bicyclic) bond motifs is 2. The first-order valence-corrected chi connectivity index (χ1v) is 12.2. The number of aliphatic hydroxyl groups excluding tert-OH is 1. The second-order valence-corrected chi connectivity index (χ2v) is 11.4. The van der Waals surface area contributed by atoms with Gasteiger partial charge in [-0.3, -0.25) is 14.4 Å². The number of carbonyl (C=O) groups is 3. The summed E-state index contributed by atoms with van der Waals surface area (Å²) in [7, 11) is 1.74. The van der Waals surface area contributed by atoms with Gasteiger partial charge in [0.05, 0.1) is 33.9 Å². The van der Waals surface area contributed by atoms with E-state index in [0.29, 0.717) is 23.8 Å². The summed E-state index contributed by atoms with van der Waals surface area (Å²) < 4.78 is -1.55. The molecule has 0 aliphatic carbocycles. The molecule has 1 aromatic rings. The molecule has 4 aliphatic rings. The van der Waals surface area contributed by atoms with Crippen molar-refractivity contribution in [1.29, 1.82) is 0 Å². The molecular formula is C24H26ClN3O4S. The Hall–Kier alpha value is -2.29. The molecule has 4 heterocycles. The number of benzene rings is 1. The molecule has 5 atom stereocenters. The number of likely N-dealkylation sites (N-methyl/N-ethyl adjacent to an activating group) is 1. The van der Waals surface area contributed by atoms with Gasteiger partial charge in [0.15, 0.2) is 0 Å². The van der Waals surface area contributed by atoms with Crippen molar-refractivity contribution in [2.75, 3.05) is 38.2 Å². The normalized spacial score (nSPS) is 35.5. The minimum absolute atomic E-state index is 0.0293. The number of para-hydroxylation sites is 1. The van der Waals surface area contributed by atoms with Gasteiger partial charge in [-0.1, -0.05) is 48.0 Å². The molecule has 7 nitrogen and oxygen atoms in total. The van der Waals surface area contributed by atoms with Crippen LogP contribution >= 0.6 is 23.4 Å². The summed E-state index contributed by atoms with van der Waals surface area (Å²) in [6.07, 6.45) is 7.85. The standard InChI is InChI=1S/C24H26ClN3O4S/c1-23-9-5-11-26(2)20(30)17(23)18-21(31)28(13-14-29)19-22(32)27(12-6-10-24(18,19)33-23)16-8-4-3-7-15(16)25/h3-10,17-19,29H,11-14H2,1-2H3/t17-,18+,19?,23+,24+/m1/s1. The van der Waals surface area contributed by atoms with Gasteiger partial charge in [0.2, 0.25) is 11.8 Å². The van der Waals surface area contributed by atoms with Crippen LogP contribution in [0, 0.1) is 11.8 Å². The average Bonchev–Trinajstić information content (AvgIpc) is 3.04. The molecule has 33 heavy (non-hydrogen) atoms. The van der Waals surface area contributed by atoms with E-state index in [9.17, 15) is 19.5 Å². The predicted molar refractivity (Wildman–Crippen MR) is 128 cm³/mol. The Balaban J connectivity index is 1.67. The number of rotatable bonds is 3. The molecule has 9 heteroatoms. The number of hydrogen-bond donors (Lipinski definition) is 1. The SMILES string of the molecule is CN1CC=C[C@]2(C)S[C@]34C=CCN(c5ccccc5Cl)C(=O)C3N(CCO)C(=O)[C@@H]4[C@@H]2C1=O. The van der Waals surface area contributed by atoms with Crippen molar-refractivity contribution in [1.82, 2.24) is 9.80 Å². The monoisotopic (exact) mass is 487 g/mol. The maximum atomic E-state index is 14.1. The topological polar surface area (TPSA) is 81.2 Å². The minimum Gasteiger partial charge on any atom is -0.395 e. The molecule has 0 bridgehead atoms. The van der Waals surface area contributed by atoms with Crippen LogP contribution in [0.4, 0.5) is 5.69 Å². The number of anilines is 1. The lowest BCUT2D eigenvalue weighted by Crippen LogP contribution is -2.54. The van der Waals surface area contributed by atoms with E-state index in [0.717, 1.165) is 0 Å². The van der Waals surface area contributed by atoms with E-state index in [2.05, 4.69) is 0 Å². The third-order valence-corrected chi connectivity index (χ3v) is 9.36. The fourth-order valence-electron chi connectivity index (χ4n) is 5.88. The van der Waals surface area contributed by atoms with Crippen LogP contribution in [0.5, 0.6) is 0 Å². The lowest BCUT2D eigenvalue weighted by molar-refractivity contribution is -0.143. The second-order valence-electron chi connectivity index (χ2n) is 9.18. The fourth-order valence-corrected chi connectivity index (χ4v) is 8.27. The van der Waals surface area contributed by atoms with Crippen LogP contribution in [0.3, 0.4) is 0 Å². The van der Waals surface area contributed by atoms with Gasteiger partial charge >= 0.3 is 0 Å². The van der Waals surface area contributed by atoms with Gasteiger partial charge in [0, 0.05) is 31.4 Å². The average molecular weight is 488 g/mol. The molecule has 4 aliphatic heterocycles. The molecule has 5 rings (SSSR count). The number of likely N-dealkylation sites (tertiary alicyclic amines) is 1. The van der Waals surface area contributed by atoms with Gasteiger partial charge in [0.25, 0.3) is 5.91 Å². The van der Waals surface area contributed by atoms with Gasteiger partial charge in [-0.2, -0.15) is 0 Å². The minimum atomic E-state index is -0.920. The summed E-state index contributed by atoms with van der Waals surface area (Å²) >= 11 is 7.95. The quantitative estimate of drug-likeness (QED) is 0.659. The summed E-state index contributed by atoms with van der Waals surface area (Å²) in [6.45, 7) is 2.54.